The van der Waals surface area contributed by atoms with Crippen molar-refractivity contribution < 1.29 is 24.5 Å². The predicted octanol–water partition coefficient (Wildman–Crippen LogP) is 6.51. The summed E-state index contributed by atoms with van der Waals surface area (Å²) in [6.07, 6.45) is 0.332. The Morgan fingerprint density at radius 2 is 1.54 bits per heavy atom. The van der Waals surface area contributed by atoms with Crippen molar-refractivity contribution in [3.05, 3.63) is 114 Å². The van der Waals surface area contributed by atoms with Crippen LogP contribution in [0.1, 0.15) is 42.5 Å². The molecule has 1 heterocycles. The van der Waals surface area contributed by atoms with Gasteiger partial charge in [0.2, 0.25) is 5.91 Å². The molecular formula is C31H28FNO4. The SMILES string of the molecule is O=C1C[C@@H](CC[C@H](O)c2ccc(F)cc2)[C@@H](c2ccc(O)cc2O)N1c1ccc(-c2ccccc2)cc1. The van der Waals surface area contributed by atoms with Crippen molar-refractivity contribution in [1.29, 1.82) is 0 Å². The van der Waals surface area contributed by atoms with Gasteiger partial charge < -0.3 is 20.2 Å². The second-order valence-electron chi connectivity index (χ2n) is 9.47. The number of aromatic hydroxyl groups is 2. The third-order valence-corrected chi connectivity index (χ3v) is 7.08. The molecule has 0 bridgehead atoms. The molecular weight excluding hydrogens is 469 g/mol. The van der Waals surface area contributed by atoms with Crippen LogP contribution in [0.4, 0.5) is 10.1 Å². The van der Waals surface area contributed by atoms with Gasteiger partial charge in [0, 0.05) is 23.7 Å². The lowest BCUT2D eigenvalue weighted by atomic mass is 9.87. The summed E-state index contributed by atoms with van der Waals surface area (Å²) in [6.45, 7) is 0. The Labute approximate surface area is 215 Å². The normalized spacial score (nSPS) is 18.2. The molecule has 3 N–H and O–H groups in total. The first kappa shape index (κ1) is 24.5. The lowest BCUT2D eigenvalue weighted by molar-refractivity contribution is -0.117. The minimum absolute atomic E-state index is 0.0624. The van der Waals surface area contributed by atoms with Gasteiger partial charge >= 0.3 is 0 Å². The minimum atomic E-state index is -0.802. The van der Waals surface area contributed by atoms with Crippen LogP contribution < -0.4 is 4.90 Å². The molecule has 4 aromatic rings. The molecule has 5 rings (SSSR count). The highest BCUT2D eigenvalue weighted by Gasteiger charge is 2.42. The summed E-state index contributed by atoms with van der Waals surface area (Å²) in [6, 6.07) is 27.4. The molecule has 1 aliphatic heterocycles. The predicted molar refractivity (Wildman–Crippen MR) is 141 cm³/mol. The Morgan fingerprint density at radius 3 is 2.22 bits per heavy atom. The Bertz CT molecular complexity index is 1370. The lowest BCUT2D eigenvalue weighted by Gasteiger charge is -2.30. The van der Waals surface area contributed by atoms with E-state index in [9.17, 15) is 24.5 Å². The van der Waals surface area contributed by atoms with Crippen LogP contribution in [0.25, 0.3) is 11.1 Å². The number of aliphatic hydroxyl groups excluding tert-OH is 1. The van der Waals surface area contributed by atoms with E-state index in [2.05, 4.69) is 0 Å². The topological polar surface area (TPSA) is 81.0 Å². The number of nitrogens with zero attached hydrogens (tertiary/aromatic N) is 1. The molecule has 1 amide bonds. The second kappa shape index (κ2) is 10.4. The third-order valence-electron chi connectivity index (χ3n) is 7.08. The summed E-state index contributed by atoms with van der Waals surface area (Å²) in [5.41, 5.74) is 3.96. The van der Waals surface area contributed by atoms with E-state index < -0.39 is 12.1 Å². The zero-order chi connectivity index (χ0) is 25.9. The fraction of sp³-hybridized carbons (Fsp3) is 0.194. The van der Waals surface area contributed by atoms with Crippen LogP contribution in [-0.2, 0) is 4.79 Å². The van der Waals surface area contributed by atoms with Crippen molar-refractivity contribution in [2.45, 2.75) is 31.4 Å². The molecule has 1 saturated heterocycles. The fourth-order valence-corrected chi connectivity index (χ4v) is 5.21. The number of hydrogen-bond acceptors (Lipinski definition) is 4. The quantitative estimate of drug-likeness (QED) is 0.272. The smallest absolute Gasteiger partial charge is 0.227 e. The van der Waals surface area contributed by atoms with Crippen LogP contribution >= 0.6 is 0 Å². The molecule has 0 aromatic heterocycles. The number of carbonyl (C=O) groups excluding carboxylic acids is 1. The molecule has 0 saturated carbocycles. The number of phenolic OH excluding ortho intramolecular Hbond substituents is 2. The highest BCUT2D eigenvalue weighted by molar-refractivity contribution is 5.97. The average Bonchev–Trinajstić information content (AvgIpc) is 3.23. The van der Waals surface area contributed by atoms with Crippen molar-refractivity contribution in [2.75, 3.05) is 4.90 Å². The third kappa shape index (κ3) is 5.20. The summed E-state index contributed by atoms with van der Waals surface area (Å²) in [5.74, 6) is -0.783. The van der Waals surface area contributed by atoms with E-state index in [0.717, 1.165) is 11.1 Å². The van der Waals surface area contributed by atoms with Gasteiger partial charge in [-0.2, -0.15) is 0 Å². The van der Waals surface area contributed by atoms with E-state index in [1.165, 1.54) is 24.3 Å². The summed E-state index contributed by atoms with van der Waals surface area (Å²) in [7, 11) is 0. The van der Waals surface area contributed by atoms with Crippen LogP contribution in [0, 0.1) is 11.7 Å². The molecule has 0 spiro atoms. The molecule has 6 heteroatoms. The van der Waals surface area contributed by atoms with Gasteiger partial charge in [-0.05, 0) is 71.8 Å². The Balaban J connectivity index is 1.44. The molecule has 0 unspecified atom stereocenters. The summed E-state index contributed by atoms with van der Waals surface area (Å²) >= 11 is 0. The number of hydrogen-bond donors (Lipinski definition) is 3. The van der Waals surface area contributed by atoms with E-state index >= 15 is 0 Å². The van der Waals surface area contributed by atoms with Crippen molar-refractivity contribution in [1.82, 2.24) is 0 Å². The first-order valence-electron chi connectivity index (χ1n) is 12.3. The maximum atomic E-state index is 13.3. The fourth-order valence-electron chi connectivity index (χ4n) is 5.21. The Kier molecular flexibility index (Phi) is 6.93. The average molecular weight is 498 g/mol. The zero-order valence-corrected chi connectivity index (χ0v) is 20.2. The molecule has 188 valence electrons. The molecule has 1 fully saturated rings. The largest absolute Gasteiger partial charge is 0.508 e. The van der Waals surface area contributed by atoms with Crippen molar-refractivity contribution in [3.8, 4) is 22.6 Å². The van der Waals surface area contributed by atoms with E-state index in [0.29, 0.717) is 29.7 Å². The van der Waals surface area contributed by atoms with E-state index in [4.69, 9.17) is 0 Å². The highest BCUT2D eigenvalue weighted by Crippen LogP contribution is 2.47. The van der Waals surface area contributed by atoms with Crippen LogP contribution in [0.2, 0.25) is 0 Å². The number of benzene rings is 4. The monoisotopic (exact) mass is 497 g/mol. The van der Waals surface area contributed by atoms with Gasteiger partial charge in [0.15, 0.2) is 0 Å². The first-order chi connectivity index (χ1) is 17.9. The van der Waals surface area contributed by atoms with Gasteiger partial charge in [0.05, 0.1) is 12.1 Å². The van der Waals surface area contributed by atoms with Crippen LogP contribution in [-0.4, -0.2) is 21.2 Å². The number of anilines is 1. The zero-order valence-electron chi connectivity index (χ0n) is 20.2. The summed E-state index contributed by atoms with van der Waals surface area (Å²) in [4.78, 5) is 15.0. The number of rotatable bonds is 7. The molecule has 0 aliphatic carbocycles. The van der Waals surface area contributed by atoms with Gasteiger partial charge in [0.1, 0.15) is 17.3 Å². The van der Waals surface area contributed by atoms with Gasteiger partial charge in [-0.3, -0.25) is 4.79 Å². The number of carbonyl (C=O) groups is 1. The molecule has 1 aliphatic rings. The Hall–Kier alpha value is -4.16. The molecule has 37 heavy (non-hydrogen) atoms. The molecule has 5 nitrogen and oxygen atoms in total. The van der Waals surface area contributed by atoms with E-state index in [1.54, 1.807) is 23.1 Å². The van der Waals surface area contributed by atoms with Gasteiger partial charge in [-0.15, -0.1) is 0 Å². The van der Waals surface area contributed by atoms with E-state index in [1.807, 2.05) is 54.6 Å². The van der Waals surface area contributed by atoms with Crippen molar-refractivity contribution in [2.24, 2.45) is 5.92 Å². The summed E-state index contributed by atoms with van der Waals surface area (Å²) in [5, 5.41) is 31.3. The van der Waals surface area contributed by atoms with Crippen LogP contribution in [0.15, 0.2) is 97.1 Å². The molecule has 3 atom stereocenters. The molecule has 4 aromatic carbocycles. The molecule has 0 radical (unpaired) electrons. The van der Waals surface area contributed by atoms with Gasteiger partial charge in [0.25, 0.3) is 0 Å². The number of aliphatic hydroxyl groups is 1. The Morgan fingerprint density at radius 1 is 0.865 bits per heavy atom. The number of phenols is 2. The number of halogens is 1. The van der Waals surface area contributed by atoms with E-state index in [-0.39, 0.29) is 35.6 Å². The van der Waals surface area contributed by atoms with Gasteiger partial charge in [-0.1, -0.05) is 54.6 Å². The van der Waals surface area contributed by atoms with Crippen LogP contribution in [0.3, 0.4) is 0 Å². The second-order valence-corrected chi connectivity index (χ2v) is 9.47. The standard InChI is InChI=1S/C31H28FNO4/c32-24-11-6-22(7-12-24)28(35)17-10-23-18-30(37)33(31(23)27-16-15-26(34)19-29(27)36)25-13-8-21(9-14-25)20-4-2-1-3-5-20/h1-9,11-16,19,23,28,31,34-36H,10,17-18H2/t23-,28+,31+/m1/s1. The van der Waals surface area contributed by atoms with Crippen molar-refractivity contribution >= 4 is 11.6 Å². The summed E-state index contributed by atoms with van der Waals surface area (Å²) < 4.78 is 13.3. The van der Waals surface area contributed by atoms with Crippen LogP contribution in [0.5, 0.6) is 11.5 Å². The van der Waals surface area contributed by atoms with Gasteiger partial charge in [-0.25, -0.2) is 4.39 Å². The maximum absolute atomic E-state index is 13.3. The maximum Gasteiger partial charge on any atom is 0.227 e. The highest BCUT2D eigenvalue weighted by atomic mass is 19.1. The first-order valence-corrected chi connectivity index (χ1v) is 12.3. The lowest BCUT2D eigenvalue weighted by Crippen LogP contribution is -2.29. The number of amides is 1. The van der Waals surface area contributed by atoms with Crippen molar-refractivity contribution in [3.63, 3.8) is 0 Å². The minimum Gasteiger partial charge on any atom is -0.508 e.